The summed E-state index contributed by atoms with van der Waals surface area (Å²) in [6.07, 6.45) is -0.937. The molecular formula is C19H15ClFN3O3. The number of hydrogen-bond donors (Lipinski definition) is 0. The van der Waals surface area contributed by atoms with E-state index in [0.29, 0.717) is 59.5 Å². The van der Waals surface area contributed by atoms with Crippen molar-refractivity contribution < 1.29 is 18.7 Å². The summed E-state index contributed by atoms with van der Waals surface area (Å²) >= 11 is 6.05. The van der Waals surface area contributed by atoms with Crippen LogP contribution >= 0.6 is 11.6 Å². The van der Waals surface area contributed by atoms with Gasteiger partial charge in [-0.05, 0) is 30.3 Å². The standard InChI is InChI=1S/C19H15ClFN3O3/c20-16-5-4-15-17(22-16)14-10-11-12(21)2-1-3-13(11)24(14)19(27-15)18(25)23-6-8-26-9-7-23/h1-5,10,19H,6-9H2. The third-order valence-corrected chi connectivity index (χ3v) is 5.11. The van der Waals surface area contributed by atoms with E-state index < -0.39 is 6.23 Å². The first-order valence-electron chi connectivity index (χ1n) is 8.63. The monoisotopic (exact) mass is 387 g/mol. The number of rotatable bonds is 1. The molecule has 5 rings (SSSR count). The van der Waals surface area contributed by atoms with Gasteiger partial charge in [0.2, 0.25) is 0 Å². The lowest BCUT2D eigenvalue weighted by molar-refractivity contribution is -0.147. The van der Waals surface area contributed by atoms with E-state index in [2.05, 4.69) is 4.98 Å². The number of aromatic nitrogens is 2. The first kappa shape index (κ1) is 16.5. The van der Waals surface area contributed by atoms with Crippen LogP contribution in [0, 0.1) is 5.82 Å². The van der Waals surface area contributed by atoms with Crippen molar-refractivity contribution in [2.45, 2.75) is 6.23 Å². The molecule has 1 atom stereocenters. The van der Waals surface area contributed by atoms with Gasteiger partial charge in [0.1, 0.15) is 16.7 Å². The molecule has 4 heterocycles. The molecule has 8 heteroatoms. The fraction of sp³-hybridized carbons (Fsp3) is 0.263. The topological polar surface area (TPSA) is 56.6 Å². The van der Waals surface area contributed by atoms with E-state index in [1.165, 1.54) is 6.07 Å². The number of nitrogens with zero attached hydrogens (tertiary/aromatic N) is 3. The average Bonchev–Trinajstić information content (AvgIpc) is 3.09. The van der Waals surface area contributed by atoms with Crippen LogP contribution in [0.1, 0.15) is 6.23 Å². The highest BCUT2D eigenvalue weighted by molar-refractivity contribution is 6.29. The molecule has 0 bridgehead atoms. The molecule has 1 aromatic carbocycles. The third kappa shape index (κ3) is 2.57. The Labute approximate surface area is 159 Å². The maximum absolute atomic E-state index is 14.4. The number of halogens is 2. The minimum atomic E-state index is -0.937. The van der Waals surface area contributed by atoms with Crippen LogP contribution in [-0.4, -0.2) is 46.7 Å². The lowest BCUT2D eigenvalue weighted by Gasteiger charge is -2.34. The summed E-state index contributed by atoms with van der Waals surface area (Å²) in [5.41, 5.74) is 1.67. The van der Waals surface area contributed by atoms with Crippen LogP contribution in [0.4, 0.5) is 4.39 Å². The highest BCUT2D eigenvalue weighted by Crippen LogP contribution is 2.42. The van der Waals surface area contributed by atoms with E-state index >= 15 is 0 Å². The van der Waals surface area contributed by atoms with Crippen molar-refractivity contribution in [3.63, 3.8) is 0 Å². The molecule has 0 aliphatic carbocycles. The molecule has 1 saturated heterocycles. The molecule has 2 aliphatic rings. The Hall–Kier alpha value is -2.64. The van der Waals surface area contributed by atoms with Crippen molar-refractivity contribution in [3.8, 4) is 17.1 Å². The van der Waals surface area contributed by atoms with E-state index in [1.54, 1.807) is 39.8 Å². The van der Waals surface area contributed by atoms with Gasteiger partial charge in [0.15, 0.2) is 5.75 Å². The van der Waals surface area contributed by atoms with Gasteiger partial charge in [0.05, 0.1) is 24.4 Å². The number of benzene rings is 1. The number of morpholine rings is 1. The van der Waals surface area contributed by atoms with E-state index in [4.69, 9.17) is 21.1 Å². The molecule has 0 N–H and O–H groups in total. The molecule has 138 valence electrons. The number of amides is 1. The number of ether oxygens (including phenoxy) is 2. The number of pyridine rings is 1. The van der Waals surface area contributed by atoms with Crippen LogP contribution in [-0.2, 0) is 9.53 Å². The van der Waals surface area contributed by atoms with Gasteiger partial charge in [-0.15, -0.1) is 0 Å². The first-order chi connectivity index (χ1) is 13.1. The van der Waals surface area contributed by atoms with Gasteiger partial charge < -0.3 is 14.4 Å². The average molecular weight is 388 g/mol. The molecule has 0 saturated carbocycles. The molecule has 1 amide bonds. The maximum Gasteiger partial charge on any atom is 0.285 e. The fourth-order valence-electron chi connectivity index (χ4n) is 3.62. The minimum Gasteiger partial charge on any atom is -0.458 e. The summed E-state index contributed by atoms with van der Waals surface area (Å²) in [5.74, 6) is -0.112. The Kier molecular flexibility index (Phi) is 3.80. The van der Waals surface area contributed by atoms with Crippen LogP contribution in [0.3, 0.4) is 0 Å². The molecular weight excluding hydrogens is 373 g/mol. The smallest absolute Gasteiger partial charge is 0.285 e. The number of fused-ring (bicyclic) bond motifs is 5. The van der Waals surface area contributed by atoms with Crippen LogP contribution in [0.2, 0.25) is 5.15 Å². The Morgan fingerprint density at radius 2 is 2.04 bits per heavy atom. The zero-order valence-corrected chi connectivity index (χ0v) is 14.9. The van der Waals surface area contributed by atoms with Gasteiger partial charge in [-0.3, -0.25) is 9.36 Å². The lowest BCUT2D eigenvalue weighted by Crippen LogP contribution is -2.46. The predicted octanol–water partition coefficient (Wildman–Crippen LogP) is 3.25. The SMILES string of the molecule is O=C(C1Oc2ccc(Cl)nc2-c2cc3c(F)cccc3n21)N1CCOCC1. The summed E-state index contributed by atoms with van der Waals surface area (Å²) < 4.78 is 27.4. The molecule has 2 aliphatic heterocycles. The van der Waals surface area contributed by atoms with E-state index in [1.807, 2.05) is 0 Å². The van der Waals surface area contributed by atoms with Crippen LogP contribution in [0.25, 0.3) is 22.3 Å². The van der Waals surface area contributed by atoms with Crippen LogP contribution in [0.5, 0.6) is 5.75 Å². The van der Waals surface area contributed by atoms with Gasteiger partial charge in [-0.1, -0.05) is 17.7 Å². The molecule has 1 unspecified atom stereocenters. The highest BCUT2D eigenvalue weighted by Gasteiger charge is 2.36. The Balaban J connectivity index is 1.71. The van der Waals surface area contributed by atoms with Crippen molar-refractivity contribution in [2.24, 2.45) is 0 Å². The number of carbonyl (C=O) groups is 1. The summed E-state index contributed by atoms with van der Waals surface area (Å²) in [7, 11) is 0. The normalized spacial score (nSPS) is 18.7. The number of carbonyl (C=O) groups excluding carboxylic acids is 1. The lowest BCUT2D eigenvalue weighted by atomic mass is 10.2. The quantitative estimate of drug-likeness (QED) is 0.601. The maximum atomic E-state index is 14.4. The molecule has 3 aromatic rings. The van der Waals surface area contributed by atoms with Crippen molar-refractivity contribution in [2.75, 3.05) is 26.3 Å². The Morgan fingerprint density at radius 1 is 1.22 bits per heavy atom. The zero-order valence-electron chi connectivity index (χ0n) is 14.2. The molecule has 2 aromatic heterocycles. The largest absolute Gasteiger partial charge is 0.458 e. The predicted molar refractivity (Wildman–Crippen MR) is 97.2 cm³/mol. The van der Waals surface area contributed by atoms with Crippen LogP contribution in [0.15, 0.2) is 36.4 Å². The molecule has 1 fully saturated rings. The molecule has 0 radical (unpaired) electrons. The third-order valence-electron chi connectivity index (χ3n) is 4.90. The minimum absolute atomic E-state index is 0.193. The zero-order chi connectivity index (χ0) is 18.5. The van der Waals surface area contributed by atoms with Crippen molar-refractivity contribution in [1.29, 1.82) is 0 Å². The molecule has 0 spiro atoms. The van der Waals surface area contributed by atoms with E-state index in [9.17, 15) is 9.18 Å². The van der Waals surface area contributed by atoms with Crippen LogP contribution < -0.4 is 4.74 Å². The summed E-state index contributed by atoms with van der Waals surface area (Å²) in [6.45, 7) is 1.96. The molecule has 27 heavy (non-hydrogen) atoms. The van der Waals surface area contributed by atoms with Gasteiger partial charge >= 0.3 is 0 Å². The van der Waals surface area contributed by atoms with E-state index in [-0.39, 0.29) is 11.7 Å². The second-order valence-electron chi connectivity index (χ2n) is 6.46. The molecule has 6 nitrogen and oxygen atoms in total. The summed E-state index contributed by atoms with van der Waals surface area (Å²) in [6, 6.07) is 9.75. The summed E-state index contributed by atoms with van der Waals surface area (Å²) in [4.78, 5) is 19.2. The van der Waals surface area contributed by atoms with Crippen molar-refractivity contribution >= 4 is 28.4 Å². The van der Waals surface area contributed by atoms with Gasteiger partial charge in [-0.25, -0.2) is 9.37 Å². The Bertz CT molecular complexity index is 1060. The number of hydrogen-bond acceptors (Lipinski definition) is 4. The Morgan fingerprint density at radius 3 is 2.85 bits per heavy atom. The van der Waals surface area contributed by atoms with Crippen molar-refractivity contribution in [3.05, 3.63) is 47.4 Å². The highest BCUT2D eigenvalue weighted by atomic mass is 35.5. The summed E-state index contributed by atoms with van der Waals surface area (Å²) in [5, 5.41) is 0.707. The van der Waals surface area contributed by atoms with Gasteiger partial charge in [-0.2, -0.15) is 0 Å². The van der Waals surface area contributed by atoms with Crippen molar-refractivity contribution in [1.82, 2.24) is 14.5 Å². The second kappa shape index (κ2) is 6.21. The van der Waals surface area contributed by atoms with Gasteiger partial charge in [0.25, 0.3) is 12.1 Å². The first-order valence-corrected chi connectivity index (χ1v) is 9.01. The second-order valence-corrected chi connectivity index (χ2v) is 6.85. The van der Waals surface area contributed by atoms with E-state index in [0.717, 1.165) is 0 Å². The van der Waals surface area contributed by atoms with Gasteiger partial charge in [0, 0.05) is 18.5 Å². The fourth-order valence-corrected chi connectivity index (χ4v) is 3.77.